The van der Waals surface area contributed by atoms with Crippen LogP contribution in [0, 0.1) is 22.0 Å². The molecular weight excluding hydrogens is 446 g/mol. The first-order valence-corrected chi connectivity index (χ1v) is 12.1. The normalized spacial score (nSPS) is 26.8. The van der Waals surface area contributed by atoms with E-state index in [1.165, 1.54) is 57.8 Å². The van der Waals surface area contributed by atoms with E-state index in [1.807, 2.05) is 6.92 Å². The molecule has 0 radical (unpaired) electrons. The summed E-state index contributed by atoms with van der Waals surface area (Å²) in [6.07, 6.45) is 9.69. The average molecular weight is 482 g/mol. The summed E-state index contributed by atoms with van der Waals surface area (Å²) in [6, 6.07) is 3.43. The van der Waals surface area contributed by atoms with E-state index < -0.39 is 4.92 Å². The molecule has 2 aliphatic carbocycles. The molecule has 1 amide bonds. The summed E-state index contributed by atoms with van der Waals surface area (Å²) in [5.74, 6) is 1.69. The Bertz CT molecular complexity index is 830. The highest BCUT2D eigenvalue weighted by Gasteiger charge is 2.42. The summed E-state index contributed by atoms with van der Waals surface area (Å²) >= 11 is 0. The summed E-state index contributed by atoms with van der Waals surface area (Å²) in [7, 11) is 1.46. The Balaban J connectivity index is 0.00000306. The van der Waals surface area contributed by atoms with Crippen LogP contribution in [0.5, 0.6) is 11.5 Å². The molecule has 1 heterocycles. The fourth-order valence-electron chi connectivity index (χ4n) is 6.04. The lowest BCUT2D eigenvalue weighted by Crippen LogP contribution is -2.50. The van der Waals surface area contributed by atoms with Crippen LogP contribution in [0.2, 0.25) is 0 Å². The molecule has 184 valence electrons. The summed E-state index contributed by atoms with van der Waals surface area (Å²) in [5, 5.41) is 14.7. The van der Waals surface area contributed by atoms with Crippen molar-refractivity contribution in [3.8, 4) is 11.5 Å². The van der Waals surface area contributed by atoms with Gasteiger partial charge in [-0.2, -0.15) is 0 Å². The molecule has 9 heteroatoms. The van der Waals surface area contributed by atoms with E-state index in [9.17, 15) is 14.9 Å². The van der Waals surface area contributed by atoms with Gasteiger partial charge in [-0.05, 0) is 50.4 Å². The largest absolute Gasteiger partial charge is 0.496 e. The number of carbonyl (C=O) groups is 1. The highest BCUT2D eigenvalue weighted by molar-refractivity contribution is 5.98. The molecule has 4 rings (SSSR count). The molecule has 8 nitrogen and oxygen atoms in total. The number of methoxy groups -OCH3 is 1. The average Bonchev–Trinajstić information content (AvgIpc) is 3.24. The van der Waals surface area contributed by atoms with E-state index in [2.05, 4.69) is 10.2 Å². The van der Waals surface area contributed by atoms with Gasteiger partial charge in [0.05, 0.1) is 24.2 Å². The lowest BCUT2D eigenvalue weighted by Gasteiger charge is -2.47. The Labute approximate surface area is 201 Å². The highest BCUT2D eigenvalue weighted by Crippen LogP contribution is 2.43. The molecule has 3 fully saturated rings. The zero-order chi connectivity index (χ0) is 22.7. The number of likely N-dealkylation sites (tertiary alicyclic amines) is 1. The lowest BCUT2D eigenvalue weighted by atomic mass is 9.68. The van der Waals surface area contributed by atoms with E-state index in [-0.39, 0.29) is 47.1 Å². The molecule has 33 heavy (non-hydrogen) atoms. The Hall–Kier alpha value is -2.06. The molecule has 2 saturated carbocycles. The number of fused-ring (bicyclic) bond motifs is 2. The van der Waals surface area contributed by atoms with Crippen molar-refractivity contribution in [3.05, 3.63) is 27.8 Å². The minimum Gasteiger partial charge on any atom is -0.496 e. The molecule has 2 bridgehead atoms. The standard InChI is InChI=1S/C24H35N3O5.ClH/c1-3-12-32-22-14-21(31-2)19(13-20(22)27(29)30)24(28)25-18-10-11-26(15-18)23-16-6-4-7-17(23)9-5-8-16;/h13-14,16-18,23H,3-12,15H2,1-2H3,(H,25,28);1H/t16?,17?,18-,23?;/m0./s1. The number of nitrogens with one attached hydrogen (secondary N) is 1. The number of amides is 1. The van der Waals surface area contributed by atoms with Crippen molar-refractivity contribution < 1.29 is 19.2 Å². The van der Waals surface area contributed by atoms with Crippen molar-refractivity contribution in [1.29, 1.82) is 0 Å². The van der Waals surface area contributed by atoms with Crippen molar-refractivity contribution in [3.63, 3.8) is 0 Å². The lowest BCUT2D eigenvalue weighted by molar-refractivity contribution is -0.385. The van der Waals surface area contributed by atoms with E-state index in [4.69, 9.17) is 9.47 Å². The van der Waals surface area contributed by atoms with E-state index in [1.54, 1.807) is 0 Å². The van der Waals surface area contributed by atoms with Crippen LogP contribution in [0.25, 0.3) is 0 Å². The van der Waals surface area contributed by atoms with Crippen LogP contribution < -0.4 is 14.8 Å². The van der Waals surface area contributed by atoms with E-state index in [0.717, 1.165) is 37.8 Å². The summed E-state index contributed by atoms with van der Waals surface area (Å²) in [5.41, 5.74) is -0.0384. The number of halogens is 1. The fourth-order valence-corrected chi connectivity index (χ4v) is 6.04. The summed E-state index contributed by atoms with van der Waals surface area (Å²) in [6.45, 7) is 4.14. The quantitative estimate of drug-likeness (QED) is 0.431. The number of hydrogen-bond donors (Lipinski definition) is 1. The van der Waals surface area contributed by atoms with Crippen LogP contribution in [0.4, 0.5) is 5.69 Å². The van der Waals surface area contributed by atoms with Gasteiger partial charge in [0.15, 0.2) is 0 Å². The third-order valence-corrected chi connectivity index (χ3v) is 7.43. The number of ether oxygens (including phenoxy) is 2. The minimum atomic E-state index is -0.514. The van der Waals surface area contributed by atoms with Gasteiger partial charge in [0.1, 0.15) is 5.75 Å². The third kappa shape index (κ3) is 5.54. The second-order valence-electron chi connectivity index (χ2n) is 9.45. The second kappa shape index (κ2) is 11.4. The van der Waals surface area contributed by atoms with Crippen LogP contribution in [0.15, 0.2) is 12.1 Å². The Morgan fingerprint density at radius 1 is 1.15 bits per heavy atom. The van der Waals surface area contributed by atoms with Gasteiger partial charge in [-0.15, -0.1) is 12.4 Å². The molecule has 3 aliphatic rings. The van der Waals surface area contributed by atoms with E-state index >= 15 is 0 Å². The molecule has 1 atom stereocenters. The maximum atomic E-state index is 13.1. The maximum absolute atomic E-state index is 13.1. The van der Waals surface area contributed by atoms with Gasteiger partial charge in [0.25, 0.3) is 5.91 Å². The highest BCUT2D eigenvalue weighted by atomic mass is 35.5. The van der Waals surface area contributed by atoms with Gasteiger partial charge < -0.3 is 14.8 Å². The monoisotopic (exact) mass is 481 g/mol. The molecule has 0 aromatic heterocycles. The van der Waals surface area contributed by atoms with Crippen LogP contribution in [0.3, 0.4) is 0 Å². The Morgan fingerprint density at radius 3 is 2.39 bits per heavy atom. The first kappa shape index (κ1) is 25.6. The molecule has 0 spiro atoms. The number of benzene rings is 1. The molecule has 1 aromatic carbocycles. The van der Waals surface area contributed by atoms with Gasteiger partial charge in [-0.3, -0.25) is 19.8 Å². The van der Waals surface area contributed by atoms with Crippen LogP contribution in [-0.4, -0.2) is 54.6 Å². The van der Waals surface area contributed by atoms with Crippen molar-refractivity contribution in [1.82, 2.24) is 10.2 Å². The Kier molecular flexibility index (Phi) is 8.82. The van der Waals surface area contributed by atoms with Crippen molar-refractivity contribution in [2.75, 3.05) is 26.8 Å². The maximum Gasteiger partial charge on any atom is 0.312 e. The summed E-state index contributed by atoms with van der Waals surface area (Å²) in [4.78, 5) is 26.7. The SMILES string of the molecule is CCCOc1cc(OC)c(C(=O)N[C@H]2CCN(C3C4CCCC3CCC4)C2)cc1[N+](=O)[O-].Cl. The zero-order valence-electron chi connectivity index (χ0n) is 19.6. The minimum absolute atomic E-state index is 0. The summed E-state index contributed by atoms with van der Waals surface area (Å²) < 4.78 is 10.9. The predicted octanol–water partition coefficient (Wildman–Crippen LogP) is 4.59. The molecule has 1 saturated heterocycles. The second-order valence-corrected chi connectivity index (χ2v) is 9.45. The van der Waals surface area contributed by atoms with Crippen LogP contribution in [-0.2, 0) is 0 Å². The number of nitro groups is 1. The van der Waals surface area contributed by atoms with Crippen LogP contribution in [0.1, 0.15) is 68.6 Å². The van der Waals surface area contributed by atoms with Gasteiger partial charge in [-0.25, -0.2) is 0 Å². The third-order valence-electron chi connectivity index (χ3n) is 7.43. The first-order valence-electron chi connectivity index (χ1n) is 12.1. The molecule has 1 N–H and O–H groups in total. The number of nitro benzene ring substituents is 1. The van der Waals surface area contributed by atoms with Crippen molar-refractivity contribution >= 4 is 24.0 Å². The Morgan fingerprint density at radius 2 is 1.82 bits per heavy atom. The molecule has 1 aliphatic heterocycles. The predicted molar refractivity (Wildman–Crippen MR) is 129 cm³/mol. The van der Waals surface area contributed by atoms with Crippen molar-refractivity contribution in [2.24, 2.45) is 11.8 Å². The number of rotatable bonds is 8. The number of hydrogen-bond acceptors (Lipinski definition) is 6. The molecular formula is C24H36ClN3O5. The van der Waals surface area contributed by atoms with Gasteiger partial charge in [-0.1, -0.05) is 19.8 Å². The topological polar surface area (TPSA) is 93.9 Å². The first-order chi connectivity index (χ1) is 15.5. The van der Waals surface area contributed by atoms with Crippen molar-refractivity contribution in [2.45, 2.75) is 70.4 Å². The number of carbonyl (C=O) groups excluding carboxylic acids is 1. The molecule has 0 unspecified atom stereocenters. The van der Waals surface area contributed by atoms with Gasteiger partial charge >= 0.3 is 5.69 Å². The zero-order valence-corrected chi connectivity index (χ0v) is 20.4. The number of nitrogens with zero attached hydrogens (tertiary/aromatic N) is 2. The fraction of sp³-hybridized carbons (Fsp3) is 0.708. The van der Waals surface area contributed by atoms with Gasteiger partial charge in [0, 0.05) is 37.3 Å². The van der Waals surface area contributed by atoms with E-state index in [0.29, 0.717) is 12.6 Å². The van der Waals surface area contributed by atoms with Crippen LogP contribution >= 0.6 is 12.4 Å². The van der Waals surface area contributed by atoms with Gasteiger partial charge in [0.2, 0.25) is 5.75 Å². The molecule has 1 aromatic rings. The smallest absolute Gasteiger partial charge is 0.312 e.